The maximum atomic E-state index is 9.91. The molecule has 4 rings (SSSR count). The zero-order valence-corrected chi connectivity index (χ0v) is 15.5. The molecule has 124 valence electrons. The van der Waals surface area contributed by atoms with E-state index in [1.165, 1.54) is 15.6 Å². The molecular weight excluding hydrogens is 376 g/mol. The molecule has 2 heterocycles. The second-order valence-corrected chi connectivity index (χ2v) is 7.38. The van der Waals surface area contributed by atoms with Crippen LogP contribution in [0.3, 0.4) is 0 Å². The Morgan fingerprint density at radius 1 is 1.30 bits per heavy atom. The lowest BCUT2D eigenvalue weighted by atomic mass is 9.75. The van der Waals surface area contributed by atoms with Crippen molar-refractivity contribution in [1.29, 1.82) is 0 Å². The molecule has 2 aromatic rings. The van der Waals surface area contributed by atoms with Crippen LogP contribution in [0.5, 0.6) is 11.5 Å². The van der Waals surface area contributed by atoms with E-state index in [2.05, 4.69) is 12.2 Å². The third-order valence-electron chi connectivity index (χ3n) is 4.75. The lowest BCUT2D eigenvalue weighted by Crippen LogP contribution is -2.42. The van der Waals surface area contributed by atoms with Crippen molar-refractivity contribution in [2.75, 3.05) is 0 Å². The van der Waals surface area contributed by atoms with Crippen LogP contribution in [0.1, 0.15) is 52.4 Å². The molecule has 0 fully saturated rings. The van der Waals surface area contributed by atoms with Crippen molar-refractivity contribution >= 4 is 28.3 Å². The van der Waals surface area contributed by atoms with Gasteiger partial charge < -0.3 is 15.5 Å². The summed E-state index contributed by atoms with van der Waals surface area (Å²) in [5, 5.41) is 24.5. The van der Waals surface area contributed by atoms with Crippen LogP contribution in [0.4, 0.5) is 0 Å². The number of benzene rings is 1. The zero-order valence-electron chi connectivity index (χ0n) is 13.0. The number of aromatic nitrogens is 1. The van der Waals surface area contributed by atoms with E-state index in [1.807, 2.05) is 11.3 Å². The Morgan fingerprint density at radius 2 is 2.09 bits per heavy atom. The van der Waals surface area contributed by atoms with Gasteiger partial charge in [0, 0.05) is 23.4 Å². The highest BCUT2D eigenvalue weighted by atomic mass is 79.9. The molecule has 0 saturated heterocycles. The molecule has 23 heavy (non-hydrogen) atoms. The van der Waals surface area contributed by atoms with Gasteiger partial charge in [-0.15, -0.1) is 28.3 Å². The van der Waals surface area contributed by atoms with Gasteiger partial charge in [-0.3, -0.25) is 0 Å². The molecule has 0 amide bonds. The number of nitrogens with one attached hydrogen (secondary N) is 1. The molecule has 1 aromatic heterocycles. The Hall–Kier alpha value is -1.11. The van der Waals surface area contributed by atoms with Gasteiger partial charge in [0.25, 0.3) is 0 Å². The number of nitrogens with zero attached hydrogens (tertiary/aromatic N) is 1. The monoisotopic (exact) mass is 396 g/mol. The molecule has 0 saturated carbocycles. The third-order valence-corrected chi connectivity index (χ3v) is 5.88. The number of thiazole rings is 1. The Labute approximate surface area is 150 Å². The Bertz CT molecular complexity index is 732. The zero-order chi connectivity index (χ0) is 15.3. The lowest BCUT2D eigenvalue weighted by molar-refractivity contribution is 0.378. The summed E-state index contributed by atoms with van der Waals surface area (Å²) in [4.78, 5) is 6.23. The molecule has 0 spiro atoms. The number of hydrogen-bond acceptors (Lipinski definition) is 5. The fraction of sp³-hybridized carbons (Fsp3) is 0.471. The van der Waals surface area contributed by atoms with Crippen molar-refractivity contribution in [3.8, 4) is 11.5 Å². The van der Waals surface area contributed by atoms with Crippen molar-refractivity contribution in [2.24, 2.45) is 0 Å². The predicted molar refractivity (Wildman–Crippen MR) is 97.0 cm³/mol. The standard InChI is InChI=1S/C17H20N2O2S.BrH/c1-2-3-15-19-17-14(22-15)8-18-11-5-4-9-6-12(20)13(21)7-10(9)16(11)17;/h6-7,11,16,18,20-21H,2-5,8H2,1H3;1H/t11-,16-;/m0./s1. The highest BCUT2D eigenvalue weighted by Gasteiger charge is 2.37. The minimum Gasteiger partial charge on any atom is -0.504 e. The Balaban J connectivity index is 0.00000156. The van der Waals surface area contributed by atoms with E-state index in [0.29, 0.717) is 6.04 Å². The Kier molecular flexibility index (Phi) is 4.67. The van der Waals surface area contributed by atoms with E-state index >= 15 is 0 Å². The molecule has 1 aliphatic heterocycles. The number of aromatic hydroxyl groups is 2. The minimum absolute atomic E-state index is 0. The number of phenols is 2. The van der Waals surface area contributed by atoms with E-state index in [0.717, 1.165) is 43.4 Å². The van der Waals surface area contributed by atoms with Crippen LogP contribution in [0.25, 0.3) is 0 Å². The summed E-state index contributed by atoms with van der Waals surface area (Å²) in [6.07, 6.45) is 4.11. The predicted octanol–water partition coefficient (Wildman–Crippen LogP) is 3.63. The smallest absolute Gasteiger partial charge is 0.157 e. The lowest BCUT2D eigenvalue weighted by Gasteiger charge is -2.37. The third kappa shape index (κ3) is 2.77. The van der Waals surface area contributed by atoms with Gasteiger partial charge in [0.2, 0.25) is 0 Å². The van der Waals surface area contributed by atoms with Crippen LogP contribution >= 0.6 is 28.3 Å². The molecule has 2 aliphatic rings. The largest absolute Gasteiger partial charge is 0.504 e. The number of halogens is 1. The van der Waals surface area contributed by atoms with Gasteiger partial charge in [0.05, 0.1) is 10.7 Å². The van der Waals surface area contributed by atoms with E-state index in [9.17, 15) is 10.2 Å². The molecule has 0 radical (unpaired) electrons. The molecule has 4 nitrogen and oxygen atoms in total. The second-order valence-electron chi connectivity index (χ2n) is 6.21. The van der Waals surface area contributed by atoms with Crippen molar-refractivity contribution in [1.82, 2.24) is 10.3 Å². The molecule has 2 atom stereocenters. The summed E-state index contributed by atoms with van der Waals surface area (Å²) < 4.78 is 0. The SMILES string of the molecule is Br.CCCc1nc2c(s1)CN[C@H]1CCc3cc(O)c(O)cc3[C@H]21. The number of aryl methyl sites for hydroxylation is 2. The fourth-order valence-electron chi connectivity index (χ4n) is 3.72. The highest BCUT2D eigenvalue weighted by Crippen LogP contribution is 2.44. The van der Waals surface area contributed by atoms with Gasteiger partial charge in [-0.25, -0.2) is 4.98 Å². The van der Waals surface area contributed by atoms with E-state index in [-0.39, 0.29) is 34.4 Å². The van der Waals surface area contributed by atoms with E-state index < -0.39 is 0 Å². The van der Waals surface area contributed by atoms with Crippen molar-refractivity contribution in [2.45, 2.75) is 51.1 Å². The topological polar surface area (TPSA) is 65.4 Å². The van der Waals surface area contributed by atoms with Gasteiger partial charge in [0.15, 0.2) is 11.5 Å². The first-order valence-electron chi connectivity index (χ1n) is 7.94. The number of fused-ring (bicyclic) bond motifs is 5. The summed E-state index contributed by atoms with van der Waals surface area (Å²) in [5.41, 5.74) is 3.44. The van der Waals surface area contributed by atoms with Crippen LogP contribution in [0.15, 0.2) is 12.1 Å². The molecule has 6 heteroatoms. The van der Waals surface area contributed by atoms with Crippen molar-refractivity contribution < 1.29 is 10.2 Å². The molecule has 1 aromatic carbocycles. The van der Waals surface area contributed by atoms with Gasteiger partial charge in [-0.2, -0.15) is 0 Å². The van der Waals surface area contributed by atoms with E-state index in [1.54, 1.807) is 12.1 Å². The molecular formula is C17H21BrN2O2S. The van der Waals surface area contributed by atoms with Crippen LogP contribution in [0.2, 0.25) is 0 Å². The van der Waals surface area contributed by atoms with Crippen LogP contribution < -0.4 is 5.32 Å². The van der Waals surface area contributed by atoms with Crippen molar-refractivity contribution in [3.63, 3.8) is 0 Å². The van der Waals surface area contributed by atoms with Crippen LogP contribution in [-0.2, 0) is 19.4 Å². The number of hydrogen-bond donors (Lipinski definition) is 3. The summed E-state index contributed by atoms with van der Waals surface area (Å²) in [5.74, 6) is 0.141. The van der Waals surface area contributed by atoms with Crippen molar-refractivity contribution in [3.05, 3.63) is 38.8 Å². The summed E-state index contributed by atoms with van der Waals surface area (Å²) >= 11 is 1.81. The second kappa shape index (κ2) is 6.42. The normalized spacial score (nSPS) is 21.8. The minimum atomic E-state index is -0.0319. The van der Waals surface area contributed by atoms with Crippen LogP contribution in [-0.4, -0.2) is 21.2 Å². The van der Waals surface area contributed by atoms with Gasteiger partial charge in [-0.1, -0.05) is 6.92 Å². The summed E-state index contributed by atoms with van der Waals surface area (Å²) in [7, 11) is 0. The Morgan fingerprint density at radius 3 is 2.87 bits per heavy atom. The molecule has 0 unspecified atom stereocenters. The molecule has 1 aliphatic carbocycles. The summed E-state index contributed by atoms with van der Waals surface area (Å²) in [6.45, 7) is 3.08. The highest BCUT2D eigenvalue weighted by molar-refractivity contribution is 8.93. The van der Waals surface area contributed by atoms with Crippen LogP contribution in [0, 0.1) is 0 Å². The quantitative estimate of drug-likeness (QED) is 0.677. The average Bonchev–Trinajstić information content (AvgIpc) is 2.91. The van der Waals surface area contributed by atoms with Gasteiger partial charge in [0.1, 0.15) is 0 Å². The number of rotatable bonds is 2. The average molecular weight is 397 g/mol. The van der Waals surface area contributed by atoms with Gasteiger partial charge >= 0.3 is 0 Å². The van der Waals surface area contributed by atoms with E-state index in [4.69, 9.17) is 4.98 Å². The maximum Gasteiger partial charge on any atom is 0.157 e. The fourth-order valence-corrected chi connectivity index (χ4v) is 4.89. The van der Waals surface area contributed by atoms with Gasteiger partial charge in [-0.05, 0) is 48.9 Å². The first-order valence-corrected chi connectivity index (χ1v) is 8.75. The first kappa shape index (κ1) is 16.7. The maximum absolute atomic E-state index is 9.91. The molecule has 3 N–H and O–H groups in total. The number of phenolic OH excluding ortho intramolecular Hbond substituents is 2. The first-order chi connectivity index (χ1) is 10.7. The molecule has 0 bridgehead atoms. The summed E-state index contributed by atoms with van der Waals surface area (Å²) in [6, 6.07) is 3.83.